The van der Waals surface area contributed by atoms with Crippen LogP contribution < -0.4 is 0 Å². The number of hydrogen-bond acceptors (Lipinski definition) is 6. The third kappa shape index (κ3) is 4.92. The van der Waals surface area contributed by atoms with Gasteiger partial charge in [-0.15, -0.1) is 10.2 Å². The molecule has 2 rings (SSSR count). The Kier molecular flexibility index (Phi) is 6.41. The first-order valence-electron chi connectivity index (χ1n) is 7.30. The summed E-state index contributed by atoms with van der Waals surface area (Å²) in [6.45, 7) is 2.29. The fourth-order valence-corrected chi connectivity index (χ4v) is 3.60. The molecule has 0 saturated heterocycles. The maximum Gasteiger partial charge on any atom is 0.277 e. The summed E-state index contributed by atoms with van der Waals surface area (Å²) in [6, 6.07) is 0.393. The summed E-state index contributed by atoms with van der Waals surface area (Å²) in [5, 5.41) is 8.38. The summed E-state index contributed by atoms with van der Waals surface area (Å²) in [7, 11) is 1.91. The van der Waals surface area contributed by atoms with Crippen LogP contribution in [-0.2, 0) is 10.5 Å². The van der Waals surface area contributed by atoms with E-state index in [1.54, 1.807) is 11.8 Å². The molecular formula is C14H23N3O2S2. The van der Waals surface area contributed by atoms with Crippen LogP contribution in [0.5, 0.6) is 0 Å². The van der Waals surface area contributed by atoms with Crippen molar-refractivity contribution in [1.29, 1.82) is 0 Å². The van der Waals surface area contributed by atoms with Gasteiger partial charge in [-0.25, -0.2) is 0 Å². The molecule has 0 atom stereocenters. The van der Waals surface area contributed by atoms with Crippen molar-refractivity contribution in [2.24, 2.45) is 5.92 Å². The van der Waals surface area contributed by atoms with E-state index in [1.807, 2.05) is 18.2 Å². The fourth-order valence-electron chi connectivity index (χ4n) is 2.54. The first-order chi connectivity index (χ1) is 10.1. The molecule has 21 heavy (non-hydrogen) atoms. The van der Waals surface area contributed by atoms with Gasteiger partial charge in [-0.05, 0) is 37.9 Å². The van der Waals surface area contributed by atoms with Crippen LogP contribution in [0.3, 0.4) is 0 Å². The van der Waals surface area contributed by atoms with E-state index >= 15 is 0 Å². The van der Waals surface area contributed by atoms with Gasteiger partial charge in [0.05, 0.1) is 11.5 Å². The zero-order valence-electron chi connectivity index (χ0n) is 12.9. The quantitative estimate of drug-likeness (QED) is 0.748. The summed E-state index contributed by atoms with van der Waals surface area (Å²) in [5.41, 5.74) is 0. The van der Waals surface area contributed by atoms with Crippen molar-refractivity contribution in [2.75, 3.05) is 19.1 Å². The molecule has 1 aliphatic carbocycles. The molecule has 0 aromatic carbocycles. The number of amides is 1. The van der Waals surface area contributed by atoms with E-state index in [-0.39, 0.29) is 5.91 Å². The largest absolute Gasteiger partial charge is 0.415 e. The van der Waals surface area contributed by atoms with E-state index in [0.29, 0.717) is 28.7 Å². The fraction of sp³-hybridized carbons (Fsp3) is 0.786. The van der Waals surface area contributed by atoms with Crippen LogP contribution in [-0.4, -0.2) is 46.1 Å². The molecular weight excluding hydrogens is 306 g/mol. The number of hydrogen-bond donors (Lipinski definition) is 0. The molecule has 1 amide bonds. The second-order valence-electron chi connectivity index (χ2n) is 5.60. The SMILES string of the molecule is CSCc1nnc(SCC(=O)N(C)C2CCC(C)CC2)o1. The van der Waals surface area contributed by atoms with E-state index < -0.39 is 0 Å². The molecule has 0 aliphatic heterocycles. The molecule has 0 N–H and O–H groups in total. The Morgan fingerprint density at radius 3 is 2.71 bits per heavy atom. The highest BCUT2D eigenvalue weighted by molar-refractivity contribution is 7.99. The Bertz CT molecular complexity index is 459. The predicted octanol–water partition coefficient (Wildman–Crippen LogP) is 3.06. The molecule has 0 radical (unpaired) electrons. The first kappa shape index (κ1) is 16.7. The van der Waals surface area contributed by atoms with Crippen molar-refractivity contribution in [3.05, 3.63) is 5.89 Å². The third-order valence-corrected chi connectivity index (χ3v) is 5.30. The summed E-state index contributed by atoms with van der Waals surface area (Å²) in [5.74, 6) is 2.63. The Hall–Kier alpha value is -0.690. The summed E-state index contributed by atoms with van der Waals surface area (Å²) in [4.78, 5) is 14.1. The Labute approximate surface area is 134 Å². The summed E-state index contributed by atoms with van der Waals surface area (Å²) in [6.07, 6.45) is 6.66. The molecule has 7 heteroatoms. The number of nitrogens with zero attached hydrogens (tertiary/aromatic N) is 3. The standard InChI is InChI=1S/C14H23N3O2S2/c1-10-4-6-11(7-5-10)17(2)13(18)9-21-14-16-15-12(19-14)8-20-3/h10-11H,4-9H2,1-3H3. The van der Waals surface area contributed by atoms with E-state index in [0.717, 1.165) is 18.8 Å². The Balaban J connectivity index is 1.77. The molecule has 5 nitrogen and oxygen atoms in total. The molecule has 1 aromatic heterocycles. The average molecular weight is 329 g/mol. The van der Waals surface area contributed by atoms with Crippen LogP contribution in [0, 0.1) is 5.92 Å². The molecule has 1 aliphatic rings. The van der Waals surface area contributed by atoms with Crippen molar-refractivity contribution in [3.8, 4) is 0 Å². The van der Waals surface area contributed by atoms with Crippen molar-refractivity contribution in [3.63, 3.8) is 0 Å². The number of thioether (sulfide) groups is 2. The molecule has 1 fully saturated rings. The van der Waals surface area contributed by atoms with E-state index in [1.165, 1.54) is 24.6 Å². The number of rotatable bonds is 6. The minimum atomic E-state index is 0.143. The Morgan fingerprint density at radius 1 is 1.33 bits per heavy atom. The van der Waals surface area contributed by atoms with Gasteiger partial charge in [-0.3, -0.25) is 4.79 Å². The molecule has 1 saturated carbocycles. The van der Waals surface area contributed by atoms with Crippen molar-refractivity contribution < 1.29 is 9.21 Å². The minimum absolute atomic E-state index is 0.143. The lowest BCUT2D eigenvalue weighted by Gasteiger charge is -2.33. The minimum Gasteiger partial charge on any atom is -0.415 e. The van der Waals surface area contributed by atoms with Crippen LogP contribution in [0.25, 0.3) is 0 Å². The molecule has 1 aromatic rings. The van der Waals surface area contributed by atoms with Crippen LogP contribution >= 0.6 is 23.5 Å². The van der Waals surface area contributed by atoms with Gasteiger partial charge in [0.15, 0.2) is 0 Å². The second kappa shape index (κ2) is 8.08. The second-order valence-corrected chi connectivity index (χ2v) is 7.39. The van der Waals surface area contributed by atoms with Gasteiger partial charge in [0, 0.05) is 13.1 Å². The molecule has 0 spiro atoms. The van der Waals surface area contributed by atoms with Gasteiger partial charge in [0.25, 0.3) is 5.22 Å². The topological polar surface area (TPSA) is 59.2 Å². The number of carbonyl (C=O) groups excluding carboxylic acids is 1. The molecule has 0 bridgehead atoms. The highest BCUT2D eigenvalue weighted by Gasteiger charge is 2.25. The van der Waals surface area contributed by atoms with Crippen LogP contribution in [0.1, 0.15) is 38.5 Å². The lowest BCUT2D eigenvalue weighted by atomic mass is 9.87. The van der Waals surface area contributed by atoms with Crippen LogP contribution in [0.2, 0.25) is 0 Å². The highest BCUT2D eigenvalue weighted by atomic mass is 32.2. The van der Waals surface area contributed by atoms with Crippen molar-refractivity contribution in [1.82, 2.24) is 15.1 Å². The van der Waals surface area contributed by atoms with Gasteiger partial charge >= 0.3 is 0 Å². The molecule has 118 valence electrons. The zero-order chi connectivity index (χ0) is 15.2. The number of carbonyl (C=O) groups is 1. The highest BCUT2D eigenvalue weighted by Crippen LogP contribution is 2.27. The maximum atomic E-state index is 12.2. The third-order valence-electron chi connectivity index (χ3n) is 3.96. The smallest absolute Gasteiger partial charge is 0.277 e. The van der Waals surface area contributed by atoms with Gasteiger partial charge < -0.3 is 9.32 Å². The summed E-state index contributed by atoms with van der Waals surface area (Å²) < 4.78 is 5.46. The van der Waals surface area contributed by atoms with E-state index in [2.05, 4.69) is 17.1 Å². The average Bonchev–Trinajstić information content (AvgIpc) is 2.93. The lowest BCUT2D eigenvalue weighted by Crippen LogP contribution is -2.40. The van der Waals surface area contributed by atoms with Gasteiger partial charge in [-0.1, -0.05) is 18.7 Å². The monoisotopic (exact) mass is 329 g/mol. The van der Waals surface area contributed by atoms with Gasteiger partial charge in [0.1, 0.15) is 0 Å². The number of aromatic nitrogens is 2. The Morgan fingerprint density at radius 2 is 2.05 bits per heavy atom. The predicted molar refractivity (Wildman–Crippen MR) is 86.4 cm³/mol. The lowest BCUT2D eigenvalue weighted by molar-refractivity contribution is -0.129. The van der Waals surface area contributed by atoms with Gasteiger partial charge in [0.2, 0.25) is 11.8 Å². The normalized spacial score (nSPS) is 22.2. The molecule has 0 unspecified atom stereocenters. The summed E-state index contributed by atoms with van der Waals surface area (Å²) >= 11 is 2.96. The van der Waals surface area contributed by atoms with Gasteiger partial charge in [-0.2, -0.15) is 11.8 Å². The van der Waals surface area contributed by atoms with Crippen molar-refractivity contribution >= 4 is 29.4 Å². The van der Waals surface area contributed by atoms with E-state index in [9.17, 15) is 4.79 Å². The van der Waals surface area contributed by atoms with Crippen LogP contribution in [0.15, 0.2) is 9.64 Å². The van der Waals surface area contributed by atoms with Crippen molar-refractivity contribution in [2.45, 2.75) is 49.6 Å². The molecule has 1 heterocycles. The zero-order valence-corrected chi connectivity index (χ0v) is 14.5. The van der Waals surface area contributed by atoms with E-state index in [4.69, 9.17) is 4.42 Å². The maximum absolute atomic E-state index is 12.2. The van der Waals surface area contributed by atoms with Crippen LogP contribution in [0.4, 0.5) is 0 Å². The first-order valence-corrected chi connectivity index (χ1v) is 9.68.